The molecule has 0 aromatic heterocycles. The number of ether oxygens (including phenoxy) is 2. The minimum atomic E-state index is 0.300. The fourth-order valence-electron chi connectivity index (χ4n) is 4.50. The van der Waals surface area contributed by atoms with Crippen LogP contribution in [0.4, 0.5) is 0 Å². The predicted molar refractivity (Wildman–Crippen MR) is 90.6 cm³/mol. The lowest BCUT2D eigenvalue weighted by Crippen LogP contribution is -2.51. The SMILES string of the molecule is C[C@@H]1CCNCOCCN2NCC(N2)C2NNC3CCC(CC32)O1. The quantitative estimate of drug-likeness (QED) is 0.387. The van der Waals surface area contributed by atoms with Gasteiger partial charge in [-0.15, -0.1) is 0 Å². The summed E-state index contributed by atoms with van der Waals surface area (Å²) in [6.45, 7) is 6.23. The maximum absolute atomic E-state index is 6.34. The average molecular weight is 340 g/mol. The second-order valence-corrected chi connectivity index (χ2v) is 7.56. The van der Waals surface area contributed by atoms with E-state index in [0.29, 0.717) is 49.6 Å². The molecular weight excluding hydrogens is 308 g/mol. The minimum absolute atomic E-state index is 0.300. The van der Waals surface area contributed by atoms with Gasteiger partial charge in [0, 0.05) is 18.6 Å². The van der Waals surface area contributed by atoms with Crippen LogP contribution >= 0.6 is 0 Å². The van der Waals surface area contributed by atoms with Gasteiger partial charge >= 0.3 is 0 Å². The van der Waals surface area contributed by atoms with Crippen LogP contribution in [0.2, 0.25) is 0 Å². The van der Waals surface area contributed by atoms with Crippen LogP contribution in [0, 0.1) is 5.92 Å². The Hall–Kier alpha value is -0.320. The molecule has 1 aliphatic carbocycles. The molecule has 4 bridgehead atoms. The minimum Gasteiger partial charge on any atom is -0.375 e. The summed E-state index contributed by atoms with van der Waals surface area (Å²) in [5.41, 5.74) is 14.1. The van der Waals surface area contributed by atoms with Crippen molar-refractivity contribution < 1.29 is 9.47 Å². The summed E-state index contributed by atoms with van der Waals surface area (Å²) in [7, 11) is 0. The van der Waals surface area contributed by atoms with E-state index in [0.717, 1.165) is 38.9 Å². The van der Waals surface area contributed by atoms with Crippen molar-refractivity contribution in [1.29, 1.82) is 0 Å². The highest BCUT2D eigenvalue weighted by molar-refractivity contribution is 5.02. The Morgan fingerprint density at radius 2 is 2.04 bits per heavy atom. The lowest BCUT2D eigenvalue weighted by Gasteiger charge is -2.36. The fourth-order valence-corrected chi connectivity index (χ4v) is 4.50. The Balaban J connectivity index is 1.42. The first-order valence-electron chi connectivity index (χ1n) is 9.52. The van der Waals surface area contributed by atoms with Crippen LogP contribution in [-0.4, -0.2) is 68.4 Å². The molecule has 4 rings (SSSR count). The number of fused-ring (bicyclic) bond motifs is 4. The Bertz CT molecular complexity index is 414. The maximum Gasteiger partial charge on any atom is 0.0965 e. The van der Waals surface area contributed by atoms with Crippen LogP contribution in [0.25, 0.3) is 0 Å². The molecule has 24 heavy (non-hydrogen) atoms. The number of hydrogen-bond acceptors (Lipinski definition) is 8. The topological polar surface area (TPSA) is 81.9 Å². The van der Waals surface area contributed by atoms with Gasteiger partial charge in [-0.2, -0.15) is 5.12 Å². The van der Waals surface area contributed by atoms with Gasteiger partial charge in [0.05, 0.1) is 38.1 Å². The first kappa shape index (κ1) is 17.1. The molecule has 6 unspecified atom stereocenters. The van der Waals surface area contributed by atoms with Crippen LogP contribution in [0.3, 0.4) is 0 Å². The maximum atomic E-state index is 6.34. The van der Waals surface area contributed by atoms with Crippen molar-refractivity contribution in [3.05, 3.63) is 0 Å². The van der Waals surface area contributed by atoms with Gasteiger partial charge in [0.15, 0.2) is 0 Å². The van der Waals surface area contributed by atoms with Gasteiger partial charge in [0.1, 0.15) is 0 Å². The first-order chi connectivity index (χ1) is 11.8. The molecule has 0 aromatic rings. The van der Waals surface area contributed by atoms with E-state index in [1.165, 1.54) is 6.42 Å². The summed E-state index contributed by atoms with van der Waals surface area (Å²) in [6.07, 6.45) is 5.22. The van der Waals surface area contributed by atoms with Gasteiger partial charge < -0.3 is 9.47 Å². The zero-order valence-corrected chi connectivity index (χ0v) is 14.6. The van der Waals surface area contributed by atoms with Crippen molar-refractivity contribution in [2.45, 2.75) is 62.9 Å². The van der Waals surface area contributed by atoms with E-state index in [9.17, 15) is 0 Å². The van der Waals surface area contributed by atoms with E-state index in [2.05, 4.69) is 39.1 Å². The van der Waals surface area contributed by atoms with Crippen molar-refractivity contribution in [3.63, 3.8) is 0 Å². The summed E-state index contributed by atoms with van der Waals surface area (Å²) in [4.78, 5) is 0. The van der Waals surface area contributed by atoms with Gasteiger partial charge in [-0.3, -0.25) is 16.2 Å². The van der Waals surface area contributed by atoms with E-state index in [1.54, 1.807) is 0 Å². The van der Waals surface area contributed by atoms with E-state index in [1.807, 2.05) is 0 Å². The third kappa shape index (κ3) is 3.91. The average Bonchev–Trinajstić information content (AvgIpc) is 3.19. The van der Waals surface area contributed by atoms with Crippen molar-refractivity contribution in [2.24, 2.45) is 5.92 Å². The van der Waals surface area contributed by atoms with E-state index < -0.39 is 0 Å². The van der Waals surface area contributed by atoms with Crippen LogP contribution in [-0.2, 0) is 9.47 Å². The number of hydrazine groups is 3. The van der Waals surface area contributed by atoms with Crippen molar-refractivity contribution in [3.8, 4) is 0 Å². The highest BCUT2D eigenvalue weighted by atomic mass is 16.5. The molecular formula is C16H32N6O2. The Morgan fingerprint density at radius 1 is 1.08 bits per heavy atom. The van der Waals surface area contributed by atoms with Crippen LogP contribution < -0.4 is 27.0 Å². The molecule has 4 aliphatic rings. The molecule has 0 amide bonds. The second-order valence-electron chi connectivity index (χ2n) is 7.56. The lowest BCUT2D eigenvalue weighted by molar-refractivity contribution is -0.0404. The number of hydrogen-bond donors (Lipinski definition) is 5. The molecule has 8 heteroatoms. The van der Waals surface area contributed by atoms with Gasteiger partial charge in [-0.25, -0.2) is 10.9 Å². The molecule has 0 aromatic carbocycles. The highest BCUT2D eigenvalue weighted by Gasteiger charge is 2.45. The Labute approximate surface area is 144 Å². The number of nitrogens with zero attached hydrogens (tertiary/aromatic N) is 1. The monoisotopic (exact) mass is 340 g/mol. The Kier molecular flexibility index (Phi) is 5.65. The van der Waals surface area contributed by atoms with E-state index in [-0.39, 0.29) is 0 Å². The van der Waals surface area contributed by atoms with Crippen LogP contribution in [0.15, 0.2) is 0 Å². The van der Waals surface area contributed by atoms with Crippen LogP contribution in [0.1, 0.15) is 32.6 Å². The Morgan fingerprint density at radius 3 is 3.00 bits per heavy atom. The fraction of sp³-hybridized carbons (Fsp3) is 1.00. The second kappa shape index (κ2) is 7.92. The molecule has 0 spiro atoms. The number of nitrogens with one attached hydrogen (secondary N) is 5. The number of rotatable bonds is 0. The van der Waals surface area contributed by atoms with Crippen molar-refractivity contribution in [1.82, 2.24) is 32.1 Å². The molecule has 138 valence electrons. The van der Waals surface area contributed by atoms with Gasteiger partial charge in [0.2, 0.25) is 0 Å². The van der Waals surface area contributed by atoms with Crippen molar-refractivity contribution in [2.75, 3.05) is 33.0 Å². The standard InChI is InChI=1S/C16H32N6O2/c1-11-4-5-17-10-23-7-6-22-18-9-15(21-22)16-13-8-12(24-11)2-3-14(13)19-20-16/h11-21H,2-10H2,1H3/t11-,12?,13?,14?,15?,16?/m1/s1. The molecule has 1 saturated carbocycles. The molecule has 4 fully saturated rings. The molecule has 7 atom stereocenters. The summed E-state index contributed by atoms with van der Waals surface area (Å²) in [5.74, 6) is 0.623. The zero-order chi connectivity index (χ0) is 16.4. The molecule has 3 heterocycles. The molecule has 3 saturated heterocycles. The van der Waals surface area contributed by atoms with Gasteiger partial charge in [0.25, 0.3) is 0 Å². The molecule has 3 aliphatic heterocycles. The van der Waals surface area contributed by atoms with E-state index in [4.69, 9.17) is 9.47 Å². The summed E-state index contributed by atoms with van der Waals surface area (Å²) >= 11 is 0. The largest absolute Gasteiger partial charge is 0.375 e. The summed E-state index contributed by atoms with van der Waals surface area (Å²) in [5, 5.41) is 5.41. The third-order valence-electron chi connectivity index (χ3n) is 5.82. The molecule has 0 radical (unpaired) electrons. The van der Waals surface area contributed by atoms with Gasteiger partial charge in [-0.05, 0) is 45.1 Å². The third-order valence-corrected chi connectivity index (χ3v) is 5.82. The molecule has 8 nitrogen and oxygen atoms in total. The zero-order valence-electron chi connectivity index (χ0n) is 14.6. The van der Waals surface area contributed by atoms with E-state index >= 15 is 0 Å². The lowest BCUT2D eigenvalue weighted by atomic mass is 9.78. The molecule has 5 N–H and O–H groups in total. The highest BCUT2D eigenvalue weighted by Crippen LogP contribution is 2.34. The van der Waals surface area contributed by atoms with Crippen molar-refractivity contribution >= 4 is 0 Å². The first-order valence-corrected chi connectivity index (χ1v) is 9.52. The smallest absolute Gasteiger partial charge is 0.0965 e. The normalized spacial score (nSPS) is 47.6. The van der Waals surface area contributed by atoms with Gasteiger partial charge in [-0.1, -0.05) is 0 Å². The summed E-state index contributed by atoms with van der Waals surface area (Å²) in [6, 6.07) is 1.41. The predicted octanol–water partition coefficient (Wildman–Crippen LogP) is -0.934. The summed E-state index contributed by atoms with van der Waals surface area (Å²) < 4.78 is 12.0. The van der Waals surface area contributed by atoms with Crippen LogP contribution in [0.5, 0.6) is 0 Å².